The summed E-state index contributed by atoms with van der Waals surface area (Å²) in [6, 6.07) is 15.2. The molecule has 1 amide bonds. The molecule has 2 aromatic rings. The number of anilines is 2. The summed E-state index contributed by atoms with van der Waals surface area (Å²) >= 11 is 6.36. The lowest BCUT2D eigenvalue weighted by Crippen LogP contribution is -2.35. The minimum atomic E-state index is -0.467. The van der Waals surface area contributed by atoms with Gasteiger partial charge in [0.1, 0.15) is 0 Å². The highest BCUT2D eigenvalue weighted by molar-refractivity contribution is 6.33. The highest BCUT2D eigenvalue weighted by Crippen LogP contribution is 2.29. The van der Waals surface area contributed by atoms with Crippen molar-refractivity contribution in [2.45, 2.75) is 31.5 Å². The number of carbonyl (C=O) groups is 1. The maximum absolute atomic E-state index is 12.2. The fraction of sp³-hybridized carbons (Fsp3) is 0.316. The molecule has 1 saturated heterocycles. The van der Waals surface area contributed by atoms with Crippen molar-refractivity contribution < 1.29 is 9.90 Å². The van der Waals surface area contributed by atoms with Crippen LogP contribution < -0.4 is 16.0 Å². The number of nitrogens with one attached hydrogen (secondary N) is 3. The van der Waals surface area contributed by atoms with E-state index in [0.717, 1.165) is 5.69 Å². The first-order valence-electron chi connectivity index (χ1n) is 8.36. The lowest BCUT2D eigenvalue weighted by atomic mass is 10.1. The molecule has 7 heteroatoms. The summed E-state index contributed by atoms with van der Waals surface area (Å²) in [7, 11) is 0. The third-order valence-electron chi connectivity index (χ3n) is 4.33. The van der Waals surface area contributed by atoms with E-state index in [1.807, 2.05) is 30.3 Å². The van der Waals surface area contributed by atoms with E-state index in [0.29, 0.717) is 23.7 Å². The first-order valence-corrected chi connectivity index (χ1v) is 8.74. The van der Waals surface area contributed by atoms with Crippen LogP contribution in [0.1, 0.15) is 24.9 Å². The number of hydrogen-bond acceptors (Lipinski definition) is 4. The lowest BCUT2D eigenvalue weighted by Gasteiger charge is -2.18. The second-order valence-corrected chi connectivity index (χ2v) is 6.72. The fourth-order valence-electron chi connectivity index (χ4n) is 2.91. The normalized spacial score (nSPS) is 20.1. The maximum atomic E-state index is 12.2. The van der Waals surface area contributed by atoms with E-state index in [4.69, 9.17) is 11.6 Å². The SMILES string of the molecule is CC(Nc1ccc(NC(=O)C2CC(O)CN2)cc1Cl)c1ccccc1.Cl. The van der Waals surface area contributed by atoms with Crippen molar-refractivity contribution in [1.29, 1.82) is 0 Å². The van der Waals surface area contributed by atoms with Crippen molar-refractivity contribution in [2.24, 2.45) is 0 Å². The molecule has 140 valence electrons. The van der Waals surface area contributed by atoms with Crippen molar-refractivity contribution in [2.75, 3.05) is 17.2 Å². The summed E-state index contributed by atoms with van der Waals surface area (Å²) < 4.78 is 0. The van der Waals surface area contributed by atoms with Crippen LogP contribution in [0.25, 0.3) is 0 Å². The van der Waals surface area contributed by atoms with Gasteiger partial charge in [-0.05, 0) is 37.1 Å². The summed E-state index contributed by atoms with van der Waals surface area (Å²) in [6.45, 7) is 2.51. The molecule has 1 aliphatic rings. The van der Waals surface area contributed by atoms with Crippen molar-refractivity contribution in [3.63, 3.8) is 0 Å². The Balaban J connectivity index is 0.00000243. The average molecular weight is 396 g/mol. The number of hydrogen-bond donors (Lipinski definition) is 4. The number of benzene rings is 2. The van der Waals surface area contributed by atoms with Gasteiger partial charge in [0, 0.05) is 18.3 Å². The largest absolute Gasteiger partial charge is 0.392 e. The highest BCUT2D eigenvalue weighted by atomic mass is 35.5. The van der Waals surface area contributed by atoms with Crippen LogP contribution in [0.15, 0.2) is 48.5 Å². The molecule has 4 N–H and O–H groups in total. The molecule has 0 saturated carbocycles. The van der Waals surface area contributed by atoms with E-state index in [1.165, 1.54) is 5.56 Å². The molecule has 1 fully saturated rings. The van der Waals surface area contributed by atoms with Crippen LogP contribution in [0, 0.1) is 0 Å². The molecule has 5 nitrogen and oxygen atoms in total. The van der Waals surface area contributed by atoms with Gasteiger partial charge < -0.3 is 21.1 Å². The predicted molar refractivity (Wildman–Crippen MR) is 108 cm³/mol. The first-order chi connectivity index (χ1) is 12.0. The predicted octanol–water partition coefficient (Wildman–Crippen LogP) is 3.60. The molecule has 3 unspecified atom stereocenters. The average Bonchev–Trinajstić information content (AvgIpc) is 3.04. The lowest BCUT2D eigenvalue weighted by molar-refractivity contribution is -0.117. The number of aliphatic hydroxyl groups is 1. The number of β-amino-alcohol motifs (C(OH)–C–C–N with tert-alkyl or cyclic N) is 1. The molecule has 1 heterocycles. The Hall–Kier alpha value is -1.79. The van der Waals surface area contributed by atoms with E-state index in [-0.39, 0.29) is 30.4 Å². The molecular formula is C19H23Cl2N3O2. The zero-order valence-electron chi connectivity index (χ0n) is 14.4. The minimum Gasteiger partial charge on any atom is -0.392 e. The van der Waals surface area contributed by atoms with E-state index in [1.54, 1.807) is 6.07 Å². The zero-order valence-corrected chi connectivity index (χ0v) is 16.0. The van der Waals surface area contributed by atoms with Gasteiger partial charge in [0.25, 0.3) is 0 Å². The Labute approximate surface area is 164 Å². The molecule has 0 aromatic heterocycles. The molecule has 0 radical (unpaired) electrons. The number of amides is 1. The first kappa shape index (κ1) is 20.5. The Bertz CT molecular complexity index is 743. The third-order valence-corrected chi connectivity index (χ3v) is 4.65. The number of rotatable bonds is 5. The summed E-state index contributed by atoms with van der Waals surface area (Å²) in [4.78, 5) is 12.2. The smallest absolute Gasteiger partial charge is 0.241 e. The summed E-state index contributed by atoms with van der Waals surface area (Å²) in [6.07, 6.45) is -0.0428. The molecule has 0 spiro atoms. The topological polar surface area (TPSA) is 73.4 Å². The van der Waals surface area contributed by atoms with Gasteiger partial charge in [-0.25, -0.2) is 0 Å². The monoisotopic (exact) mass is 395 g/mol. The van der Waals surface area contributed by atoms with Crippen molar-refractivity contribution in [3.05, 3.63) is 59.1 Å². The Morgan fingerprint density at radius 2 is 2.00 bits per heavy atom. The van der Waals surface area contributed by atoms with Crippen molar-refractivity contribution >= 4 is 41.3 Å². The number of carbonyl (C=O) groups excluding carboxylic acids is 1. The summed E-state index contributed by atoms with van der Waals surface area (Å²) in [5.74, 6) is -0.161. The maximum Gasteiger partial charge on any atom is 0.241 e. The van der Waals surface area contributed by atoms with Gasteiger partial charge >= 0.3 is 0 Å². The highest BCUT2D eigenvalue weighted by Gasteiger charge is 2.28. The summed E-state index contributed by atoms with van der Waals surface area (Å²) in [5, 5.41) is 19.2. The summed E-state index contributed by atoms with van der Waals surface area (Å²) in [5.41, 5.74) is 2.61. The molecular weight excluding hydrogens is 373 g/mol. The van der Waals surface area contributed by atoms with Gasteiger partial charge in [0.05, 0.1) is 22.9 Å². The van der Waals surface area contributed by atoms with E-state index in [9.17, 15) is 9.90 Å². The van der Waals surface area contributed by atoms with Gasteiger partial charge in [-0.2, -0.15) is 0 Å². The van der Waals surface area contributed by atoms with Crippen LogP contribution in [-0.2, 0) is 4.79 Å². The second kappa shape index (κ2) is 9.24. The second-order valence-electron chi connectivity index (χ2n) is 6.31. The molecule has 0 bridgehead atoms. The van der Waals surface area contributed by atoms with Crippen LogP contribution in [0.5, 0.6) is 0 Å². The standard InChI is InChI=1S/C19H22ClN3O2.ClH/c1-12(13-5-3-2-4-6-13)22-17-8-7-14(9-16(17)20)23-19(25)18-10-15(24)11-21-18;/h2-9,12,15,18,21-22,24H,10-11H2,1H3,(H,23,25);1H. The van der Waals surface area contributed by atoms with Crippen LogP contribution in [-0.4, -0.2) is 29.7 Å². The van der Waals surface area contributed by atoms with Gasteiger partial charge in [0.2, 0.25) is 5.91 Å². The van der Waals surface area contributed by atoms with Crippen LogP contribution in [0.4, 0.5) is 11.4 Å². The molecule has 3 rings (SSSR count). The molecule has 3 atom stereocenters. The molecule has 1 aliphatic heterocycles. The van der Waals surface area contributed by atoms with E-state index in [2.05, 4.69) is 35.0 Å². The Kier molecular flexibility index (Phi) is 7.29. The van der Waals surface area contributed by atoms with E-state index >= 15 is 0 Å². The molecule has 0 aliphatic carbocycles. The van der Waals surface area contributed by atoms with Gasteiger partial charge in [-0.1, -0.05) is 41.9 Å². The molecule has 26 heavy (non-hydrogen) atoms. The van der Waals surface area contributed by atoms with Crippen LogP contribution >= 0.6 is 24.0 Å². The molecule has 2 aromatic carbocycles. The van der Waals surface area contributed by atoms with Gasteiger partial charge in [0.15, 0.2) is 0 Å². The number of halogens is 2. The third kappa shape index (κ3) is 5.11. The van der Waals surface area contributed by atoms with Crippen LogP contribution in [0.3, 0.4) is 0 Å². The fourth-order valence-corrected chi connectivity index (χ4v) is 3.15. The Morgan fingerprint density at radius 1 is 1.27 bits per heavy atom. The minimum absolute atomic E-state index is 0. The van der Waals surface area contributed by atoms with Crippen molar-refractivity contribution in [3.8, 4) is 0 Å². The Morgan fingerprint density at radius 3 is 2.62 bits per heavy atom. The van der Waals surface area contributed by atoms with Crippen molar-refractivity contribution in [1.82, 2.24) is 5.32 Å². The number of aliphatic hydroxyl groups excluding tert-OH is 1. The van der Waals surface area contributed by atoms with E-state index < -0.39 is 6.10 Å². The van der Waals surface area contributed by atoms with Gasteiger partial charge in [-0.15, -0.1) is 12.4 Å². The van der Waals surface area contributed by atoms with Gasteiger partial charge in [-0.3, -0.25) is 4.79 Å². The van der Waals surface area contributed by atoms with Crippen LogP contribution in [0.2, 0.25) is 5.02 Å². The quantitative estimate of drug-likeness (QED) is 0.623. The zero-order chi connectivity index (χ0) is 17.8.